The highest BCUT2D eigenvalue weighted by Gasteiger charge is 2.55. The Kier molecular flexibility index (Phi) is 6.76. The number of aliphatic hydroxyl groups is 1. The lowest BCUT2D eigenvalue weighted by Crippen LogP contribution is -2.52. The maximum atomic E-state index is 12.8. The van der Waals surface area contributed by atoms with E-state index in [1.165, 1.54) is 25.4 Å². The second-order valence-corrected chi connectivity index (χ2v) is 8.36. The van der Waals surface area contributed by atoms with Crippen molar-refractivity contribution in [3.8, 4) is 5.88 Å². The number of rotatable bonds is 6. The fraction of sp³-hybridized carbons (Fsp3) is 0.250. The molecule has 0 aliphatic rings. The summed E-state index contributed by atoms with van der Waals surface area (Å²) >= 11 is 11.9. The number of alkyl halides is 3. The molecule has 8 nitrogen and oxygen atoms in total. The maximum Gasteiger partial charge on any atom is 0.426 e. The summed E-state index contributed by atoms with van der Waals surface area (Å²) in [6.45, 7) is 0.253. The minimum Gasteiger partial charge on any atom is -0.481 e. The van der Waals surface area contributed by atoms with Crippen molar-refractivity contribution in [3.05, 3.63) is 40.5 Å². The lowest BCUT2D eigenvalue weighted by molar-refractivity contribution is -0.242. The molecule has 2 rings (SSSR count). The van der Waals surface area contributed by atoms with E-state index in [1.54, 1.807) is 5.32 Å². The average molecular weight is 488 g/mol. The average Bonchev–Trinajstić information content (AvgIpc) is 2.64. The number of ether oxygens (including phenoxy) is 1. The van der Waals surface area contributed by atoms with Crippen molar-refractivity contribution in [2.45, 2.75) is 23.6 Å². The van der Waals surface area contributed by atoms with Crippen LogP contribution in [0.2, 0.25) is 10.0 Å². The number of anilines is 2. The first-order valence-corrected chi connectivity index (χ1v) is 10.1. The van der Waals surface area contributed by atoms with Gasteiger partial charge in [-0.2, -0.15) is 13.2 Å². The van der Waals surface area contributed by atoms with Gasteiger partial charge in [0.25, 0.3) is 15.9 Å². The summed E-state index contributed by atoms with van der Waals surface area (Å²) in [6.07, 6.45) is -4.08. The number of amides is 1. The second-order valence-electron chi connectivity index (χ2n) is 5.96. The third-order valence-electron chi connectivity index (χ3n) is 3.78. The number of benzene rings is 1. The molecule has 2 aromatic rings. The van der Waals surface area contributed by atoms with Crippen LogP contribution >= 0.6 is 23.2 Å². The Bertz CT molecular complexity index is 1060. The highest BCUT2D eigenvalue weighted by atomic mass is 35.5. The number of sulfonamides is 1. The third kappa shape index (κ3) is 4.89. The number of hydrogen-bond acceptors (Lipinski definition) is 6. The number of carbonyl (C=O) groups is 1. The number of hydrogen-bond donors (Lipinski definition) is 3. The number of pyridine rings is 1. The Morgan fingerprint density at radius 3 is 2.30 bits per heavy atom. The van der Waals surface area contributed by atoms with Crippen LogP contribution in [0.5, 0.6) is 5.88 Å². The van der Waals surface area contributed by atoms with Gasteiger partial charge in [-0.25, -0.2) is 13.4 Å². The smallest absolute Gasteiger partial charge is 0.426 e. The van der Waals surface area contributed by atoms with Gasteiger partial charge in [0.05, 0.1) is 34.7 Å². The number of carbonyl (C=O) groups excluding carboxylic acids is 1. The minimum atomic E-state index is -5.26. The number of methoxy groups -OCH3 is 1. The molecule has 30 heavy (non-hydrogen) atoms. The van der Waals surface area contributed by atoms with Crippen LogP contribution in [0.1, 0.15) is 6.92 Å². The summed E-state index contributed by atoms with van der Waals surface area (Å²) in [5.74, 6) is -1.58. The first kappa shape index (κ1) is 24.0. The predicted octanol–water partition coefficient (Wildman–Crippen LogP) is 3.45. The molecule has 14 heteroatoms. The van der Waals surface area contributed by atoms with Crippen LogP contribution < -0.4 is 14.8 Å². The lowest BCUT2D eigenvalue weighted by Gasteiger charge is -2.25. The van der Waals surface area contributed by atoms with Gasteiger partial charge in [0.1, 0.15) is 4.90 Å². The molecule has 3 N–H and O–H groups in total. The van der Waals surface area contributed by atoms with Crippen molar-refractivity contribution < 1.29 is 36.2 Å². The molecule has 0 fully saturated rings. The van der Waals surface area contributed by atoms with E-state index in [0.717, 1.165) is 12.1 Å². The van der Waals surface area contributed by atoms with Gasteiger partial charge in [-0.05, 0) is 25.1 Å². The van der Waals surface area contributed by atoms with Gasteiger partial charge >= 0.3 is 6.18 Å². The molecule has 0 radical (unpaired) electrons. The molecule has 1 aromatic carbocycles. The zero-order chi connectivity index (χ0) is 22.9. The van der Waals surface area contributed by atoms with Crippen LogP contribution in [-0.4, -0.2) is 43.3 Å². The van der Waals surface area contributed by atoms with Gasteiger partial charge in [-0.3, -0.25) is 9.52 Å². The van der Waals surface area contributed by atoms with Crippen LogP contribution in [0.3, 0.4) is 0 Å². The molecular weight excluding hydrogens is 474 g/mol. The van der Waals surface area contributed by atoms with Gasteiger partial charge in [-0.1, -0.05) is 23.2 Å². The standard InChI is InChI=1S/C16H14Cl2F3N3O5S/c1-15(26,16(19,20)21)14(25)23-9-4-5-10(13(18)12(9)17)30(27,28)24-8-3-6-11(29-2)22-7-8/h3-7,24,26H,1-2H3,(H,23,25)/t15-/m1/s1. The van der Waals surface area contributed by atoms with Crippen LogP contribution in [-0.2, 0) is 14.8 Å². The van der Waals surface area contributed by atoms with Crippen molar-refractivity contribution in [2.24, 2.45) is 0 Å². The van der Waals surface area contributed by atoms with E-state index in [-0.39, 0.29) is 18.5 Å². The van der Waals surface area contributed by atoms with E-state index in [4.69, 9.17) is 27.9 Å². The molecule has 0 aliphatic heterocycles. The Hall–Kier alpha value is -2.28. The second kappa shape index (κ2) is 8.46. The van der Waals surface area contributed by atoms with Gasteiger partial charge in [0.2, 0.25) is 11.5 Å². The highest BCUT2D eigenvalue weighted by Crippen LogP contribution is 2.37. The number of aromatic nitrogens is 1. The normalized spacial score (nSPS) is 14.0. The minimum absolute atomic E-state index is 0.0709. The van der Waals surface area contributed by atoms with Gasteiger partial charge in [0.15, 0.2) is 0 Å². The Labute approximate surface area is 179 Å². The van der Waals surface area contributed by atoms with E-state index in [2.05, 4.69) is 9.71 Å². The van der Waals surface area contributed by atoms with Crippen molar-refractivity contribution in [3.63, 3.8) is 0 Å². The molecule has 1 amide bonds. The van der Waals surface area contributed by atoms with Crippen LogP contribution in [0.4, 0.5) is 24.5 Å². The molecule has 0 saturated carbocycles. The topological polar surface area (TPSA) is 118 Å². The summed E-state index contributed by atoms with van der Waals surface area (Å²) in [6, 6.07) is 4.62. The lowest BCUT2D eigenvalue weighted by atomic mass is 10.1. The largest absolute Gasteiger partial charge is 0.481 e. The van der Waals surface area contributed by atoms with Gasteiger partial charge < -0.3 is 15.2 Å². The first-order chi connectivity index (χ1) is 13.7. The van der Waals surface area contributed by atoms with Crippen molar-refractivity contribution in [2.75, 3.05) is 17.1 Å². The van der Waals surface area contributed by atoms with Crippen molar-refractivity contribution >= 4 is 50.5 Å². The maximum absolute atomic E-state index is 12.8. The summed E-state index contributed by atoms with van der Waals surface area (Å²) in [7, 11) is -2.89. The fourth-order valence-corrected chi connectivity index (χ4v) is 3.84. The zero-order valence-corrected chi connectivity index (χ0v) is 17.5. The van der Waals surface area contributed by atoms with E-state index in [1.807, 2.05) is 0 Å². The number of nitrogens with zero attached hydrogens (tertiary/aromatic N) is 1. The van der Waals surface area contributed by atoms with E-state index in [0.29, 0.717) is 0 Å². The quantitative estimate of drug-likeness (QED) is 0.574. The molecule has 1 atom stereocenters. The summed E-state index contributed by atoms with van der Waals surface area (Å²) in [5.41, 5.74) is -4.07. The highest BCUT2D eigenvalue weighted by molar-refractivity contribution is 7.92. The fourth-order valence-electron chi connectivity index (χ4n) is 1.98. The van der Waals surface area contributed by atoms with E-state index in [9.17, 15) is 31.5 Å². The number of nitrogens with one attached hydrogen (secondary N) is 2. The Morgan fingerprint density at radius 2 is 1.80 bits per heavy atom. The van der Waals surface area contributed by atoms with Crippen molar-refractivity contribution in [1.82, 2.24) is 4.98 Å². The molecule has 0 aliphatic carbocycles. The van der Waals surface area contributed by atoms with Gasteiger partial charge in [-0.15, -0.1) is 0 Å². The first-order valence-electron chi connectivity index (χ1n) is 7.82. The molecule has 0 bridgehead atoms. The van der Waals surface area contributed by atoms with Crippen molar-refractivity contribution in [1.29, 1.82) is 0 Å². The molecule has 0 unspecified atom stereocenters. The molecule has 0 spiro atoms. The summed E-state index contributed by atoms with van der Waals surface area (Å²) in [5, 5.41) is 10.1. The summed E-state index contributed by atoms with van der Waals surface area (Å²) in [4.78, 5) is 15.1. The predicted molar refractivity (Wildman–Crippen MR) is 103 cm³/mol. The third-order valence-corrected chi connectivity index (χ3v) is 6.19. The Balaban J connectivity index is 2.32. The molecule has 0 saturated heterocycles. The number of halogens is 5. The van der Waals surface area contributed by atoms with Crippen LogP contribution in [0, 0.1) is 0 Å². The summed E-state index contributed by atoms with van der Waals surface area (Å²) < 4.78 is 70.5. The Morgan fingerprint density at radius 1 is 1.17 bits per heavy atom. The molecule has 1 aromatic heterocycles. The van der Waals surface area contributed by atoms with E-state index >= 15 is 0 Å². The van der Waals surface area contributed by atoms with Crippen LogP contribution in [0.15, 0.2) is 35.4 Å². The SMILES string of the molecule is COc1ccc(NS(=O)(=O)c2ccc(NC(=O)[C@@](C)(O)C(F)(F)F)c(Cl)c2Cl)cn1. The van der Waals surface area contributed by atoms with E-state index < -0.39 is 48.3 Å². The molecule has 1 heterocycles. The van der Waals surface area contributed by atoms with Gasteiger partial charge in [0, 0.05) is 6.07 Å². The molecular formula is C16H14Cl2F3N3O5S. The molecule has 164 valence electrons. The zero-order valence-electron chi connectivity index (χ0n) is 15.2. The van der Waals surface area contributed by atoms with Crippen LogP contribution in [0.25, 0.3) is 0 Å². The monoisotopic (exact) mass is 487 g/mol.